The standard InChI is InChI=1S/C24H30FN3O4.C21H33BFNO5.C20H22FN3O4.C9H7BrN2O.CH3.Pd/c1-24(2,3)32-22(29)14-27(4)12-19-20(25)9-15(10-21(19)31-6)18-13-28(5)23(30)17-11-26-8-7-16(17)18;1-19(2,3)27-18(25)13-24(8)12-15-16(23)10-14(11-17(15)26-9)22-28-20(4,5)21(6,7)29-22;1-23(11-19(25)26)9-16-17(21)6-12(7-18(16)28-3)15-10-24(2)20(27)14-8-22-5-4-13(14)15;1-12-5-8(10)6-2-3-11-4-7(6)9(12)13;;/h7-11,13,16-17H,12,14H2,1-6H3;10-11H,12-13H2,1-9H3;4-8,10,13-14H,9,11H2,1-3H3,(H,25,26);2-5H,1H3;1H3;/q;;;;-1;. The minimum Gasteiger partial charge on any atom is -0.496 e. The van der Waals surface area contributed by atoms with Gasteiger partial charge in [-0.05, 0) is 177 Å². The summed E-state index contributed by atoms with van der Waals surface area (Å²) in [5.74, 6) is -3.44. The fourth-order valence-corrected chi connectivity index (χ4v) is 12.4. The topological polar surface area (TPSA) is 246 Å². The molecule has 1 saturated heterocycles. The quantitative estimate of drug-likeness (QED) is 0.0487. The average Bonchev–Trinajstić information content (AvgIpc) is 0.881. The number of likely N-dealkylation sites (N-methyl/N-ethyl adjacent to an activating group) is 3. The number of esters is 2. The van der Waals surface area contributed by atoms with Crippen LogP contribution < -0.4 is 25.2 Å². The van der Waals surface area contributed by atoms with Crippen molar-refractivity contribution in [3.05, 3.63) is 166 Å². The number of aliphatic imine (C=N–C) groups is 2. The van der Waals surface area contributed by atoms with Crippen molar-refractivity contribution in [2.75, 3.05) is 76.2 Å². The molecule has 0 spiro atoms. The molecule has 29 heteroatoms. The molecule has 3 aromatic carbocycles. The second kappa shape index (κ2) is 36.2. The molecule has 1 fully saturated rings. The van der Waals surface area contributed by atoms with Crippen molar-refractivity contribution in [1.82, 2.24) is 34.1 Å². The number of rotatable bonds is 18. The number of aromatic nitrogens is 2. The minimum atomic E-state index is -0.990. The summed E-state index contributed by atoms with van der Waals surface area (Å²) in [6, 6.07) is 11.3. The van der Waals surface area contributed by atoms with Crippen LogP contribution >= 0.6 is 15.9 Å². The molecule has 0 aliphatic carbocycles. The van der Waals surface area contributed by atoms with E-state index in [-0.39, 0.29) is 114 Å². The van der Waals surface area contributed by atoms with Crippen LogP contribution in [-0.4, -0.2) is 187 Å². The maximum Gasteiger partial charge on any atom is 0.495 e. The van der Waals surface area contributed by atoms with Gasteiger partial charge in [0.05, 0.1) is 69.4 Å². The second-order valence-electron chi connectivity index (χ2n) is 28.4. The number of carbonyl (C=O) groups excluding carboxylic acids is 4. The van der Waals surface area contributed by atoms with Gasteiger partial charge in [0.15, 0.2) is 0 Å². The number of hydrogen-bond acceptors (Lipinski definition) is 19. The number of carbonyl (C=O) groups is 5. The Morgan fingerprint density at radius 1 is 0.625 bits per heavy atom. The van der Waals surface area contributed by atoms with Crippen LogP contribution in [0.1, 0.15) is 97.1 Å². The molecule has 5 aromatic rings. The summed E-state index contributed by atoms with van der Waals surface area (Å²) in [6.07, 6.45) is 18.7. The first-order chi connectivity index (χ1) is 47.7. The van der Waals surface area contributed by atoms with Crippen molar-refractivity contribution in [2.45, 2.75) is 111 Å². The van der Waals surface area contributed by atoms with Gasteiger partial charge in [0.1, 0.15) is 45.9 Å². The van der Waals surface area contributed by atoms with Gasteiger partial charge in [-0.3, -0.25) is 58.4 Å². The molecule has 0 radical (unpaired) electrons. The Morgan fingerprint density at radius 3 is 1.41 bits per heavy atom. The van der Waals surface area contributed by atoms with Crippen LogP contribution in [0.25, 0.3) is 21.9 Å². The van der Waals surface area contributed by atoms with E-state index in [1.165, 1.54) is 58.8 Å². The number of ether oxygens (including phenoxy) is 5. The van der Waals surface area contributed by atoms with Crippen LogP contribution in [0.4, 0.5) is 13.2 Å². The third-order valence-corrected chi connectivity index (χ3v) is 17.9. The number of hydrogen-bond donors (Lipinski definition) is 1. The van der Waals surface area contributed by atoms with E-state index in [9.17, 15) is 37.5 Å². The van der Waals surface area contributed by atoms with E-state index in [1.807, 2.05) is 66.7 Å². The average molecular weight is 1600 g/mol. The summed E-state index contributed by atoms with van der Waals surface area (Å²) >= 11 is 3.39. The van der Waals surface area contributed by atoms with E-state index in [2.05, 4.69) is 30.9 Å². The minimum absolute atomic E-state index is 0. The number of aryl methyl sites for hydroxylation is 1. The molecule has 5 aliphatic heterocycles. The monoisotopic (exact) mass is 1600 g/mol. The first-order valence-corrected chi connectivity index (χ1v) is 33.6. The smallest absolute Gasteiger partial charge is 0.495 e. The summed E-state index contributed by atoms with van der Waals surface area (Å²) in [4.78, 5) is 91.4. The van der Waals surface area contributed by atoms with Gasteiger partial charge in [0.2, 0.25) is 11.8 Å². The number of benzene rings is 3. The molecule has 2 amide bonds. The first kappa shape index (κ1) is 86.5. The molecule has 104 heavy (non-hydrogen) atoms. The first-order valence-electron chi connectivity index (χ1n) is 32.8. The molecular weight excluding hydrogens is 1510 g/mol. The van der Waals surface area contributed by atoms with Crippen molar-refractivity contribution in [3.63, 3.8) is 0 Å². The molecule has 1 N–H and O–H groups in total. The Balaban J connectivity index is 0.000000256. The predicted molar refractivity (Wildman–Crippen MR) is 395 cm³/mol. The van der Waals surface area contributed by atoms with Crippen molar-refractivity contribution in [2.24, 2.45) is 40.7 Å². The van der Waals surface area contributed by atoms with Crippen molar-refractivity contribution < 1.29 is 95.7 Å². The molecule has 0 bridgehead atoms. The van der Waals surface area contributed by atoms with Gasteiger partial charge in [0, 0.05) is 155 Å². The number of halogens is 4. The summed E-state index contributed by atoms with van der Waals surface area (Å²) in [5, 5.41) is 10.4. The zero-order chi connectivity index (χ0) is 75.7. The Morgan fingerprint density at radius 2 is 1.02 bits per heavy atom. The Bertz CT molecular complexity index is 4210. The molecule has 0 saturated carbocycles. The van der Waals surface area contributed by atoms with Gasteiger partial charge in [-0.15, -0.1) is 0 Å². The molecule has 10 rings (SSSR count). The van der Waals surface area contributed by atoms with E-state index in [0.717, 1.165) is 21.0 Å². The van der Waals surface area contributed by atoms with Crippen LogP contribution in [0.15, 0.2) is 117 Å². The maximum absolute atomic E-state index is 15.2. The number of carboxylic acids is 1. The van der Waals surface area contributed by atoms with Gasteiger partial charge in [-0.1, -0.05) is 12.2 Å². The molecule has 2 aromatic heterocycles. The predicted octanol–water partition coefficient (Wildman–Crippen LogP) is 10.3. The molecular formula is C75H95BBrF3N9O14Pd-. The van der Waals surface area contributed by atoms with Crippen LogP contribution in [-0.2, 0) is 89.9 Å². The number of fused-ring (bicyclic) bond motifs is 3. The number of nitrogens with zero attached hydrogens (tertiary/aromatic N) is 9. The van der Waals surface area contributed by atoms with Crippen LogP contribution in [0, 0.1) is 48.5 Å². The molecule has 4 unspecified atom stereocenters. The zero-order valence-electron chi connectivity index (χ0n) is 62.6. The Labute approximate surface area is 629 Å². The molecule has 23 nitrogen and oxygen atoms in total. The molecule has 566 valence electrons. The fourth-order valence-electron chi connectivity index (χ4n) is 11.7. The third-order valence-electron chi connectivity index (χ3n) is 17.3. The normalized spacial score (nSPS) is 18.3. The number of pyridine rings is 2. The van der Waals surface area contributed by atoms with Crippen molar-refractivity contribution in [3.8, 4) is 17.2 Å². The van der Waals surface area contributed by atoms with E-state index < -0.39 is 64.8 Å². The summed E-state index contributed by atoms with van der Waals surface area (Å²) in [5.41, 5.74) is 2.17. The third kappa shape index (κ3) is 22.0. The van der Waals surface area contributed by atoms with Crippen molar-refractivity contribution >= 4 is 92.6 Å². The Hall–Kier alpha value is -8.13. The van der Waals surface area contributed by atoms with E-state index in [1.54, 1.807) is 147 Å². The summed E-state index contributed by atoms with van der Waals surface area (Å²) in [7, 11) is 13.8. The van der Waals surface area contributed by atoms with Gasteiger partial charge < -0.3 is 59.9 Å². The van der Waals surface area contributed by atoms with Crippen LogP contribution in [0.5, 0.6) is 17.2 Å². The Kier molecular flexibility index (Phi) is 30.1. The van der Waals surface area contributed by atoms with Crippen molar-refractivity contribution in [1.29, 1.82) is 0 Å². The summed E-state index contributed by atoms with van der Waals surface area (Å²) in [6.45, 7) is 18.9. The van der Waals surface area contributed by atoms with Gasteiger partial charge in [-0.2, -0.15) is 0 Å². The second-order valence-corrected chi connectivity index (χ2v) is 29.3. The zero-order valence-corrected chi connectivity index (χ0v) is 65.8. The van der Waals surface area contributed by atoms with Crippen LogP contribution in [0.3, 0.4) is 0 Å². The van der Waals surface area contributed by atoms with E-state index in [0.29, 0.717) is 50.4 Å². The van der Waals surface area contributed by atoms with E-state index >= 15 is 4.39 Å². The fraction of sp³-hybridized carbons (Fsp3) is 0.440. The number of aliphatic carboxylic acids is 1. The maximum atomic E-state index is 15.2. The molecule has 5 aliphatic rings. The number of carboxylic acid groups (broad SMARTS) is 1. The van der Waals surface area contributed by atoms with Crippen LogP contribution in [0.2, 0.25) is 0 Å². The van der Waals surface area contributed by atoms with Gasteiger partial charge in [-0.25, -0.2) is 13.2 Å². The van der Waals surface area contributed by atoms with Gasteiger partial charge >= 0.3 is 25.0 Å². The number of allylic oxidation sites excluding steroid dienone is 4. The SMILES string of the molecule is COc1cc(B2OC(C)(C)C(C)(C)O2)cc(F)c1CN(C)CC(=O)OC(C)(C)C.COc1cc(C2=CN(C)C(=O)C3C=NC=CC23)cc(F)c1CN(C)CC(=O)O.COc1cc(C2=CN(C)C(=O)C3C=NC=CC23)cc(F)c1CN(C)CC(=O)OC(C)(C)C.Cn1cc(Br)c2ccncc2c1=O.[CH3-].[Pd]. The van der Waals surface area contributed by atoms with E-state index in [4.69, 9.17) is 38.1 Å². The summed E-state index contributed by atoms with van der Waals surface area (Å²) < 4.78 is 86.6. The molecule has 4 atom stereocenters. The largest absolute Gasteiger partial charge is 0.496 e. The number of methoxy groups -OCH3 is 3. The molecule has 7 heterocycles. The van der Waals surface area contributed by atoms with Gasteiger partial charge in [0.25, 0.3) is 5.56 Å². The number of amides is 2.